The molecular weight excluding hydrogens is 472 g/mol. The Morgan fingerprint density at radius 2 is 1.58 bits per heavy atom. The van der Waals surface area contributed by atoms with E-state index in [1.54, 1.807) is 0 Å². The lowest BCUT2D eigenvalue weighted by atomic mass is 9.73. The van der Waals surface area contributed by atoms with Gasteiger partial charge in [-0.1, -0.05) is 44.2 Å². The van der Waals surface area contributed by atoms with Gasteiger partial charge in [-0.05, 0) is 87.8 Å². The molecule has 1 aromatic heterocycles. The third-order valence-electron chi connectivity index (χ3n) is 11.0. The summed E-state index contributed by atoms with van der Waals surface area (Å²) in [6, 6.07) is 11.6. The van der Waals surface area contributed by atoms with E-state index in [2.05, 4.69) is 38.6 Å². The Bertz CT molecular complexity index is 1120. The zero-order valence-electron chi connectivity index (χ0n) is 23.0. The number of aromatic nitrogens is 2. The third kappa shape index (κ3) is 4.92. The number of carbonyl (C=O) groups is 1. The SMILES string of the molecule is O=C(O)CN1CC[C@@H](Cc2nc3ccccc3n2[C@H]2C[C@H]3CCC[C@@H](C2)N3[C@@H]2C[C@@H]3CCCC[C@@H](C3)C2)C1. The molecule has 2 aliphatic carbocycles. The van der Waals surface area contributed by atoms with Crippen LogP contribution in [0, 0.1) is 17.8 Å². The molecule has 4 heterocycles. The van der Waals surface area contributed by atoms with Crippen LogP contribution in [0.4, 0.5) is 0 Å². The largest absolute Gasteiger partial charge is 0.480 e. The molecule has 5 fully saturated rings. The monoisotopic (exact) mass is 518 g/mol. The second-order valence-electron chi connectivity index (χ2n) is 13.6. The number of para-hydroxylation sites is 2. The van der Waals surface area contributed by atoms with Crippen LogP contribution in [0.1, 0.15) is 95.3 Å². The van der Waals surface area contributed by atoms with Gasteiger partial charge in [0, 0.05) is 37.1 Å². The number of piperidine rings is 2. The van der Waals surface area contributed by atoms with Crippen molar-refractivity contribution in [2.75, 3.05) is 19.6 Å². The van der Waals surface area contributed by atoms with Crippen molar-refractivity contribution in [3.8, 4) is 0 Å². The molecule has 7 rings (SSSR count). The summed E-state index contributed by atoms with van der Waals surface area (Å²) in [6.45, 7) is 1.93. The van der Waals surface area contributed by atoms with Crippen molar-refractivity contribution in [2.24, 2.45) is 17.8 Å². The summed E-state index contributed by atoms with van der Waals surface area (Å²) in [5.41, 5.74) is 2.44. The number of likely N-dealkylation sites (tertiary alicyclic amines) is 1. The lowest BCUT2D eigenvalue weighted by molar-refractivity contribution is -0.138. The molecular formula is C32H46N4O2. The summed E-state index contributed by atoms with van der Waals surface area (Å²) in [5, 5.41) is 9.25. The first kappa shape index (κ1) is 25.1. The number of nitrogens with zero attached hydrogens (tertiary/aromatic N) is 4. The fourth-order valence-corrected chi connectivity index (χ4v) is 9.62. The average Bonchev–Trinajstić information content (AvgIpc) is 3.44. The highest BCUT2D eigenvalue weighted by Crippen LogP contribution is 2.47. The number of benzene rings is 1. The maximum atomic E-state index is 11.2. The van der Waals surface area contributed by atoms with Gasteiger partial charge in [0.15, 0.2) is 0 Å². The summed E-state index contributed by atoms with van der Waals surface area (Å²) in [7, 11) is 0. The van der Waals surface area contributed by atoms with Gasteiger partial charge in [-0.25, -0.2) is 4.98 Å². The number of fused-ring (bicyclic) bond motifs is 5. The molecule has 206 valence electrons. The van der Waals surface area contributed by atoms with E-state index in [-0.39, 0.29) is 6.54 Å². The van der Waals surface area contributed by atoms with Gasteiger partial charge in [-0.3, -0.25) is 14.6 Å². The second kappa shape index (κ2) is 10.6. The lowest BCUT2D eigenvalue weighted by Crippen LogP contribution is -2.58. The van der Waals surface area contributed by atoms with Crippen LogP contribution in [0.15, 0.2) is 24.3 Å². The molecule has 1 N–H and O–H groups in total. The van der Waals surface area contributed by atoms with Crippen LogP contribution in [0.25, 0.3) is 11.0 Å². The minimum Gasteiger partial charge on any atom is -0.480 e. The van der Waals surface area contributed by atoms with Crippen LogP contribution < -0.4 is 0 Å². The number of aliphatic carboxylic acids is 1. The molecule has 7 atom stereocenters. The minimum atomic E-state index is -0.714. The van der Waals surface area contributed by atoms with E-state index >= 15 is 0 Å². The summed E-state index contributed by atoms with van der Waals surface area (Å²) in [5.74, 6) is 2.99. The Labute approximate surface area is 227 Å². The first-order valence-electron chi connectivity index (χ1n) is 15.8. The maximum Gasteiger partial charge on any atom is 0.317 e. The van der Waals surface area contributed by atoms with E-state index in [0.717, 1.165) is 61.4 Å². The van der Waals surface area contributed by atoms with Gasteiger partial charge in [0.25, 0.3) is 0 Å². The van der Waals surface area contributed by atoms with E-state index in [9.17, 15) is 9.90 Å². The number of hydrogen-bond donors (Lipinski definition) is 1. The Balaban J connectivity index is 1.13. The van der Waals surface area contributed by atoms with Gasteiger partial charge in [0.2, 0.25) is 0 Å². The predicted molar refractivity (Wildman–Crippen MR) is 150 cm³/mol. The standard InChI is InChI=1S/C32H46N4O2/c37-32(38)21-34-13-12-24(20-34)17-31-33-29-10-3-4-11-30(29)36(31)28-18-25-8-5-9-26(19-28)35(25)27-15-22-6-1-2-7-23(14-22)16-27/h3-4,10-11,22-28H,1-2,5-9,12-21H2,(H,37,38)/t22-,23+,24-,25-,26+,27-,28+/m0/s1. The van der Waals surface area contributed by atoms with E-state index in [1.807, 2.05) is 0 Å². The highest BCUT2D eigenvalue weighted by Gasteiger charge is 2.45. The van der Waals surface area contributed by atoms with Crippen LogP contribution in [-0.4, -0.2) is 68.2 Å². The highest BCUT2D eigenvalue weighted by atomic mass is 16.4. The molecule has 0 unspecified atom stereocenters. The Morgan fingerprint density at radius 1 is 0.842 bits per heavy atom. The Kier molecular flexibility index (Phi) is 6.98. The molecule has 0 spiro atoms. The van der Waals surface area contributed by atoms with E-state index in [0.29, 0.717) is 12.0 Å². The van der Waals surface area contributed by atoms with Crippen molar-refractivity contribution in [1.29, 1.82) is 0 Å². The smallest absolute Gasteiger partial charge is 0.317 e. The first-order valence-corrected chi connectivity index (χ1v) is 15.8. The molecule has 1 aromatic carbocycles. The zero-order chi connectivity index (χ0) is 25.6. The minimum absolute atomic E-state index is 0.164. The molecule has 0 amide bonds. The van der Waals surface area contributed by atoms with Crippen molar-refractivity contribution < 1.29 is 9.90 Å². The topological polar surface area (TPSA) is 61.6 Å². The normalized spacial score (nSPS) is 36.4. The number of imidazole rings is 1. The lowest BCUT2D eigenvalue weighted by Gasteiger charge is -2.54. The van der Waals surface area contributed by atoms with E-state index < -0.39 is 5.97 Å². The van der Waals surface area contributed by atoms with E-state index in [4.69, 9.17) is 4.98 Å². The summed E-state index contributed by atoms with van der Waals surface area (Å²) in [6.07, 6.45) is 19.0. The molecule has 2 saturated carbocycles. The van der Waals surface area contributed by atoms with Crippen molar-refractivity contribution >= 4 is 17.0 Å². The van der Waals surface area contributed by atoms with Crippen molar-refractivity contribution in [3.63, 3.8) is 0 Å². The van der Waals surface area contributed by atoms with Gasteiger partial charge >= 0.3 is 5.97 Å². The van der Waals surface area contributed by atoms with Crippen LogP contribution in [0.5, 0.6) is 0 Å². The summed E-state index contributed by atoms with van der Waals surface area (Å²) >= 11 is 0. The first-order chi connectivity index (χ1) is 18.6. The van der Waals surface area contributed by atoms with Crippen molar-refractivity contribution in [2.45, 2.75) is 114 Å². The molecule has 5 aliphatic rings. The molecule has 2 aromatic rings. The van der Waals surface area contributed by atoms with Crippen LogP contribution in [0.3, 0.4) is 0 Å². The summed E-state index contributed by atoms with van der Waals surface area (Å²) in [4.78, 5) is 21.6. The van der Waals surface area contributed by atoms with Crippen molar-refractivity contribution in [1.82, 2.24) is 19.4 Å². The zero-order valence-corrected chi connectivity index (χ0v) is 23.0. The highest BCUT2D eigenvalue weighted by molar-refractivity contribution is 5.76. The molecule has 0 radical (unpaired) electrons. The molecule has 4 bridgehead atoms. The molecule has 3 saturated heterocycles. The number of hydrogen-bond acceptors (Lipinski definition) is 4. The summed E-state index contributed by atoms with van der Waals surface area (Å²) < 4.78 is 2.65. The predicted octanol–water partition coefficient (Wildman–Crippen LogP) is 5.90. The van der Waals surface area contributed by atoms with Gasteiger partial charge in [0.05, 0.1) is 17.6 Å². The number of carboxylic acid groups (broad SMARTS) is 1. The number of rotatable bonds is 6. The fourth-order valence-electron chi connectivity index (χ4n) is 9.62. The van der Waals surface area contributed by atoms with E-state index in [1.165, 1.54) is 88.4 Å². The third-order valence-corrected chi connectivity index (χ3v) is 11.0. The van der Waals surface area contributed by atoms with Crippen molar-refractivity contribution in [3.05, 3.63) is 30.1 Å². The van der Waals surface area contributed by atoms with Crippen LogP contribution >= 0.6 is 0 Å². The fraction of sp³-hybridized carbons (Fsp3) is 0.750. The second-order valence-corrected chi connectivity index (χ2v) is 13.6. The number of carboxylic acids is 1. The molecule has 3 aliphatic heterocycles. The van der Waals surface area contributed by atoms with Crippen LogP contribution in [-0.2, 0) is 11.2 Å². The van der Waals surface area contributed by atoms with Gasteiger partial charge in [-0.2, -0.15) is 0 Å². The van der Waals surface area contributed by atoms with Gasteiger partial charge < -0.3 is 9.67 Å². The molecule has 6 nitrogen and oxygen atoms in total. The molecule has 6 heteroatoms. The maximum absolute atomic E-state index is 11.2. The Morgan fingerprint density at radius 3 is 2.32 bits per heavy atom. The molecule has 38 heavy (non-hydrogen) atoms. The average molecular weight is 519 g/mol. The van der Waals surface area contributed by atoms with Gasteiger partial charge in [-0.15, -0.1) is 0 Å². The quantitative estimate of drug-likeness (QED) is 0.516. The van der Waals surface area contributed by atoms with Gasteiger partial charge in [0.1, 0.15) is 5.82 Å². The Hall–Kier alpha value is -1.92. The van der Waals surface area contributed by atoms with Crippen LogP contribution in [0.2, 0.25) is 0 Å².